The van der Waals surface area contributed by atoms with Crippen LogP contribution in [0, 0.1) is 0 Å². The van der Waals surface area contributed by atoms with Gasteiger partial charge in [-0.2, -0.15) is 0 Å². The molecule has 5 heteroatoms. The molecule has 0 fully saturated rings. The van der Waals surface area contributed by atoms with Crippen LogP contribution in [0.15, 0.2) is 40.9 Å². The van der Waals surface area contributed by atoms with E-state index in [2.05, 4.69) is 15.9 Å². The summed E-state index contributed by atoms with van der Waals surface area (Å²) < 4.78 is 0.835. The van der Waals surface area contributed by atoms with Crippen molar-refractivity contribution in [2.45, 2.75) is 6.04 Å². The van der Waals surface area contributed by atoms with Crippen molar-refractivity contribution in [3.05, 3.63) is 67.1 Å². The zero-order valence-corrected chi connectivity index (χ0v) is 13.0. The molecule has 1 nitrogen and oxygen atoms in total. The number of halogens is 4. The molecule has 2 rings (SSSR count). The summed E-state index contributed by atoms with van der Waals surface area (Å²) >= 11 is 21.4. The summed E-state index contributed by atoms with van der Waals surface area (Å²) in [5, 5.41) is 1.76. The molecule has 2 aromatic carbocycles. The molecule has 18 heavy (non-hydrogen) atoms. The summed E-state index contributed by atoms with van der Waals surface area (Å²) in [4.78, 5) is 0. The molecule has 0 aliphatic carbocycles. The monoisotopic (exact) mass is 363 g/mol. The molecule has 0 heterocycles. The Morgan fingerprint density at radius 1 is 0.944 bits per heavy atom. The molecular formula is C13H9BrCl3N. The van der Waals surface area contributed by atoms with Crippen LogP contribution in [0.4, 0.5) is 0 Å². The predicted molar refractivity (Wildman–Crippen MR) is 81.6 cm³/mol. The van der Waals surface area contributed by atoms with Gasteiger partial charge in [0.1, 0.15) is 0 Å². The molecule has 2 aromatic rings. The van der Waals surface area contributed by atoms with Gasteiger partial charge in [-0.05, 0) is 51.3 Å². The summed E-state index contributed by atoms with van der Waals surface area (Å²) in [6, 6.07) is 10.5. The van der Waals surface area contributed by atoms with Gasteiger partial charge in [-0.25, -0.2) is 0 Å². The minimum atomic E-state index is -0.333. The Hall–Kier alpha value is -0.250. The highest BCUT2D eigenvalue weighted by Gasteiger charge is 2.13. The number of benzene rings is 2. The van der Waals surface area contributed by atoms with Crippen LogP contribution in [0.2, 0.25) is 15.1 Å². The van der Waals surface area contributed by atoms with E-state index in [9.17, 15) is 0 Å². The maximum absolute atomic E-state index is 6.18. The smallest absolute Gasteiger partial charge is 0.0566 e. The molecule has 0 bridgehead atoms. The van der Waals surface area contributed by atoms with Gasteiger partial charge in [0.15, 0.2) is 0 Å². The quantitative estimate of drug-likeness (QED) is 0.752. The highest BCUT2D eigenvalue weighted by molar-refractivity contribution is 9.10. The molecule has 0 saturated carbocycles. The fourth-order valence-corrected chi connectivity index (χ4v) is 2.60. The van der Waals surface area contributed by atoms with Crippen molar-refractivity contribution in [1.82, 2.24) is 0 Å². The van der Waals surface area contributed by atoms with Crippen molar-refractivity contribution in [2.75, 3.05) is 0 Å². The first kappa shape index (κ1) is 14.2. The molecule has 0 aliphatic rings. The first-order valence-electron chi connectivity index (χ1n) is 5.14. The van der Waals surface area contributed by atoms with Crippen LogP contribution in [0.25, 0.3) is 0 Å². The van der Waals surface area contributed by atoms with Crippen LogP contribution >= 0.6 is 50.7 Å². The van der Waals surface area contributed by atoms with Gasteiger partial charge >= 0.3 is 0 Å². The van der Waals surface area contributed by atoms with Crippen molar-refractivity contribution in [3.63, 3.8) is 0 Å². The van der Waals surface area contributed by atoms with Crippen LogP contribution in [-0.2, 0) is 0 Å². The summed E-state index contributed by atoms with van der Waals surface area (Å²) in [5.41, 5.74) is 7.90. The SMILES string of the molecule is NC(c1ccc(Br)c(Cl)c1)c1ccc(Cl)cc1Cl. The molecule has 94 valence electrons. The van der Waals surface area contributed by atoms with Crippen LogP contribution in [-0.4, -0.2) is 0 Å². The van der Waals surface area contributed by atoms with Gasteiger partial charge in [-0.15, -0.1) is 0 Å². The van der Waals surface area contributed by atoms with E-state index in [0.717, 1.165) is 15.6 Å². The van der Waals surface area contributed by atoms with E-state index >= 15 is 0 Å². The minimum absolute atomic E-state index is 0.333. The van der Waals surface area contributed by atoms with Crippen molar-refractivity contribution in [2.24, 2.45) is 5.73 Å². The lowest BCUT2D eigenvalue weighted by molar-refractivity contribution is 0.871. The minimum Gasteiger partial charge on any atom is -0.320 e. The molecule has 0 saturated heterocycles. The molecule has 0 aromatic heterocycles. The van der Waals surface area contributed by atoms with Gasteiger partial charge in [0.25, 0.3) is 0 Å². The van der Waals surface area contributed by atoms with Crippen molar-refractivity contribution >= 4 is 50.7 Å². The predicted octanol–water partition coefficient (Wildman–Crippen LogP) is 5.46. The average Bonchev–Trinajstić information content (AvgIpc) is 2.32. The fraction of sp³-hybridized carbons (Fsp3) is 0.0769. The Kier molecular flexibility index (Phi) is 4.57. The van der Waals surface area contributed by atoms with Gasteiger partial charge < -0.3 is 5.73 Å². The number of hydrogen-bond donors (Lipinski definition) is 1. The van der Waals surface area contributed by atoms with E-state index in [4.69, 9.17) is 40.5 Å². The second kappa shape index (κ2) is 5.81. The second-order valence-corrected chi connectivity index (χ2v) is 5.92. The summed E-state index contributed by atoms with van der Waals surface area (Å²) in [6.45, 7) is 0. The lowest BCUT2D eigenvalue weighted by atomic mass is 10.00. The van der Waals surface area contributed by atoms with E-state index in [1.807, 2.05) is 24.3 Å². The largest absolute Gasteiger partial charge is 0.320 e. The topological polar surface area (TPSA) is 26.0 Å². The first-order valence-corrected chi connectivity index (χ1v) is 7.07. The van der Waals surface area contributed by atoms with E-state index < -0.39 is 0 Å². The Balaban J connectivity index is 2.41. The molecule has 2 N–H and O–H groups in total. The summed E-state index contributed by atoms with van der Waals surface area (Å²) in [6.07, 6.45) is 0. The van der Waals surface area contributed by atoms with Gasteiger partial charge in [0, 0.05) is 14.5 Å². The average molecular weight is 365 g/mol. The fourth-order valence-electron chi connectivity index (χ4n) is 1.64. The number of nitrogens with two attached hydrogens (primary N) is 1. The molecule has 0 radical (unpaired) electrons. The normalized spacial score (nSPS) is 12.5. The standard InChI is InChI=1S/C13H9BrCl3N/c14-10-4-1-7(5-12(10)17)13(18)9-3-2-8(15)6-11(9)16/h1-6,13H,18H2. The van der Waals surface area contributed by atoms with Crippen molar-refractivity contribution in [1.29, 1.82) is 0 Å². The maximum atomic E-state index is 6.18. The van der Waals surface area contributed by atoms with E-state index in [0.29, 0.717) is 15.1 Å². The third-order valence-electron chi connectivity index (χ3n) is 2.60. The van der Waals surface area contributed by atoms with Crippen LogP contribution in [0.1, 0.15) is 17.2 Å². The molecule has 1 atom stereocenters. The highest BCUT2D eigenvalue weighted by atomic mass is 79.9. The summed E-state index contributed by atoms with van der Waals surface area (Å²) in [5.74, 6) is 0. The van der Waals surface area contributed by atoms with Crippen molar-refractivity contribution < 1.29 is 0 Å². The Morgan fingerprint density at radius 3 is 2.28 bits per heavy atom. The van der Waals surface area contributed by atoms with Crippen LogP contribution in [0.3, 0.4) is 0 Å². The van der Waals surface area contributed by atoms with Crippen LogP contribution in [0.5, 0.6) is 0 Å². The Morgan fingerprint density at radius 2 is 1.67 bits per heavy atom. The number of hydrogen-bond acceptors (Lipinski definition) is 1. The molecule has 0 amide bonds. The van der Waals surface area contributed by atoms with E-state index in [1.165, 1.54) is 0 Å². The van der Waals surface area contributed by atoms with Gasteiger partial charge in [-0.1, -0.05) is 46.9 Å². The van der Waals surface area contributed by atoms with E-state index in [-0.39, 0.29) is 6.04 Å². The number of rotatable bonds is 2. The molecule has 0 aliphatic heterocycles. The Bertz CT molecular complexity index is 586. The molecule has 0 spiro atoms. The molecular weight excluding hydrogens is 356 g/mol. The van der Waals surface area contributed by atoms with Gasteiger partial charge in [0.05, 0.1) is 11.1 Å². The summed E-state index contributed by atoms with van der Waals surface area (Å²) in [7, 11) is 0. The third kappa shape index (κ3) is 3.01. The maximum Gasteiger partial charge on any atom is 0.0566 e. The second-order valence-electron chi connectivity index (χ2n) is 3.82. The highest BCUT2D eigenvalue weighted by Crippen LogP contribution is 2.31. The van der Waals surface area contributed by atoms with Crippen LogP contribution < -0.4 is 5.73 Å². The first-order chi connectivity index (χ1) is 8.49. The molecule has 1 unspecified atom stereocenters. The van der Waals surface area contributed by atoms with Gasteiger partial charge in [-0.3, -0.25) is 0 Å². The van der Waals surface area contributed by atoms with Crippen molar-refractivity contribution in [3.8, 4) is 0 Å². The third-order valence-corrected chi connectivity index (χ3v) is 4.40. The zero-order valence-electron chi connectivity index (χ0n) is 9.13. The lowest BCUT2D eigenvalue weighted by Gasteiger charge is -2.15. The lowest BCUT2D eigenvalue weighted by Crippen LogP contribution is -2.12. The Labute approximate surface area is 129 Å². The zero-order chi connectivity index (χ0) is 13.3. The van der Waals surface area contributed by atoms with Gasteiger partial charge in [0.2, 0.25) is 0 Å². The van der Waals surface area contributed by atoms with E-state index in [1.54, 1.807) is 12.1 Å².